The minimum absolute atomic E-state index is 0.125. The Morgan fingerprint density at radius 3 is 2.67 bits per heavy atom. The van der Waals surface area contributed by atoms with E-state index >= 15 is 0 Å². The van der Waals surface area contributed by atoms with Crippen molar-refractivity contribution in [2.24, 2.45) is 5.92 Å². The largest absolute Gasteiger partial charge is 0.290 e. The summed E-state index contributed by atoms with van der Waals surface area (Å²) in [6, 6.07) is -0.146. The van der Waals surface area contributed by atoms with E-state index in [-0.39, 0.29) is 17.7 Å². The number of hydrogen-bond acceptors (Lipinski definition) is 3. The van der Waals surface area contributed by atoms with Gasteiger partial charge >= 0.3 is 0 Å². The third kappa shape index (κ3) is 1.64. The van der Waals surface area contributed by atoms with Crippen molar-refractivity contribution in [3.63, 3.8) is 0 Å². The fraction of sp³-hybridized carbons (Fsp3) is 0.727. The molecule has 2 heterocycles. The highest BCUT2D eigenvalue weighted by atomic mass is 19.3. The Balaban J connectivity index is 1.81. The summed E-state index contributed by atoms with van der Waals surface area (Å²) in [6.07, 6.45) is -1.84. The molecule has 7 heteroatoms. The van der Waals surface area contributed by atoms with Gasteiger partial charge in [0.15, 0.2) is 12.0 Å². The number of Topliss-reactive ketones (excluding diaryl/α,β-unsaturated/α-hetero) is 1. The zero-order chi connectivity index (χ0) is 13.1. The van der Waals surface area contributed by atoms with E-state index in [1.807, 2.05) is 0 Å². The van der Waals surface area contributed by atoms with Gasteiger partial charge in [0.2, 0.25) is 17.5 Å². The Hall–Kier alpha value is -1.40. The molecule has 98 valence electrons. The monoisotopic (exact) mass is 259 g/mol. The van der Waals surface area contributed by atoms with Crippen molar-refractivity contribution in [3.05, 3.63) is 11.6 Å². The first kappa shape index (κ1) is 11.7. The number of carbonyl (C=O) groups excluding carboxylic acids is 1. The van der Waals surface area contributed by atoms with Crippen molar-refractivity contribution in [2.75, 3.05) is 0 Å². The SMILES string of the molecule is C[C@H]1C[C@@H](F)c2nc(C(=O)C3CC(F)(F)C3)nn21. The Kier molecular flexibility index (Phi) is 2.30. The quantitative estimate of drug-likeness (QED) is 0.766. The van der Waals surface area contributed by atoms with Crippen LogP contribution in [-0.4, -0.2) is 26.5 Å². The van der Waals surface area contributed by atoms with E-state index in [0.717, 1.165) is 0 Å². The Morgan fingerprint density at radius 1 is 1.44 bits per heavy atom. The van der Waals surface area contributed by atoms with Gasteiger partial charge in [-0.1, -0.05) is 0 Å². The lowest BCUT2D eigenvalue weighted by Crippen LogP contribution is -2.40. The van der Waals surface area contributed by atoms with Crippen LogP contribution in [0.15, 0.2) is 0 Å². The van der Waals surface area contributed by atoms with Gasteiger partial charge in [-0.2, -0.15) is 0 Å². The molecule has 0 radical (unpaired) electrons. The zero-order valence-electron chi connectivity index (χ0n) is 9.74. The summed E-state index contributed by atoms with van der Waals surface area (Å²) in [6.45, 7) is 1.78. The van der Waals surface area contributed by atoms with Gasteiger partial charge in [-0.3, -0.25) is 4.79 Å². The summed E-state index contributed by atoms with van der Waals surface area (Å²) < 4.78 is 40.3. The second-order valence-electron chi connectivity index (χ2n) is 5.12. The van der Waals surface area contributed by atoms with Gasteiger partial charge in [0.25, 0.3) is 0 Å². The fourth-order valence-electron chi connectivity index (χ4n) is 2.51. The van der Waals surface area contributed by atoms with Crippen LogP contribution in [0.1, 0.15) is 54.8 Å². The summed E-state index contributed by atoms with van der Waals surface area (Å²) >= 11 is 0. The Labute approximate surface area is 101 Å². The number of ketones is 1. The highest BCUT2D eigenvalue weighted by Gasteiger charge is 2.50. The molecule has 1 aliphatic carbocycles. The summed E-state index contributed by atoms with van der Waals surface area (Å²) in [5.74, 6) is -3.96. The Bertz CT molecular complexity index is 480. The normalized spacial score (nSPS) is 30.0. The second-order valence-corrected chi connectivity index (χ2v) is 5.12. The number of halogens is 3. The lowest BCUT2D eigenvalue weighted by molar-refractivity contribution is -0.0984. The standard InChI is InChI=1S/C11H12F3N3O/c1-5-2-7(12)10-15-9(16-17(5)10)8(18)6-3-11(13,14)4-6/h5-7H,2-4H2,1H3/t5-,7+/m0/s1. The first-order valence-corrected chi connectivity index (χ1v) is 5.90. The molecule has 1 aliphatic heterocycles. The predicted octanol–water partition coefficient (Wildman–Crippen LogP) is 2.48. The highest BCUT2D eigenvalue weighted by Crippen LogP contribution is 2.44. The molecular formula is C11H12F3N3O. The van der Waals surface area contributed by atoms with Crippen molar-refractivity contribution in [1.29, 1.82) is 0 Å². The van der Waals surface area contributed by atoms with Gasteiger partial charge in [-0.25, -0.2) is 22.8 Å². The maximum Gasteiger partial charge on any atom is 0.249 e. The van der Waals surface area contributed by atoms with Gasteiger partial charge in [-0.15, -0.1) is 5.10 Å². The molecule has 0 bridgehead atoms. The van der Waals surface area contributed by atoms with Crippen LogP contribution in [0.3, 0.4) is 0 Å². The summed E-state index contributed by atoms with van der Waals surface area (Å²) in [5.41, 5.74) is 0. The molecule has 3 rings (SSSR count). The molecule has 1 aromatic rings. The molecule has 1 saturated carbocycles. The van der Waals surface area contributed by atoms with Crippen molar-refractivity contribution in [3.8, 4) is 0 Å². The van der Waals surface area contributed by atoms with Crippen molar-refractivity contribution >= 4 is 5.78 Å². The maximum atomic E-state index is 13.5. The van der Waals surface area contributed by atoms with Crippen LogP contribution < -0.4 is 0 Å². The number of alkyl halides is 3. The molecule has 0 amide bonds. The van der Waals surface area contributed by atoms with Crippen molar-refractivity contribution < 1.29 is 18.0 Å². The third-order valence-corrected chi connectivity index (χ3v) is 3.58. The van der Waals surface area contributed by atoms with Gasteiger partial charge in [0.05, 0.1) is 6.04 Å². The average molecular weight is 259 g/mol. The number of fused-ring (bicyclic) bond motifs is 1. The van der Waals surface area contributed by atoms with Crippen LogP contribution in [-0.2, 0) is 0 Å². The lowest BCUT2D eigenvalue weighted by Gasteiger charge is -2.32. The molecule has 18 heavy (non-hydrogen) atoms. The Morgan fingerprint density at radius 2 is 2.11 bits per heavy atom. The van der Waals surface area contributed by atoms with Gasteiger partial charge < -0.3 is 0 Å². The first-order chi connectivity index (χ1) is 8.37. The van der Waals surface area contributed by atoms with Crippen LogP contribution in [0.4, 0.5) is 13.2 Å². The molecule has 2 atom stereocenters. The van der Waals surface area contributed by atoms with Crippen LogP contribution in [0.5, 0.6) is 0 Å². The van der Waals surface area contributed by atoms with E-state index in [2.05, 4.69) is 10.1 Å². The molecule has 1 fully saturated rings. The number of nitrogens with zero attached hydrogens (tertiary/aromatic N) is 3. The lowest BCUT2D eigenvalue weighted by atomic mass is 9.78. The molecule has 0 unspecified atom stereocenters. The average Bonchev–Trinajstić information content (AvgIpc) is 2.77. The number of aromatic nitrogens is 3. The second kappa shape index (κ2) is 3.55. The first-order valence-electron chi connectivity index (χ1n) is 5.90. The zero-order valence-corrected chi connectivity index (χ0v) is 9.74. The number of rotatable bonds is 2. The minimum atomic E-state index is -2.75. The van der Waals surface area contributed by atoms with Crippen molar-refractivity contribution in [2.45, 2.75) is 44.3 Å². The maximum absolute atomic E-state index is 13.5. The minimum Gasteiger partial charge on any atom is -0.290 e. The van der Waals surface area contributed by atoms with E-state index in [0.29, 0.717) is 6.42 Å². The molecule has 0 aromatic carbocycles. The van der Waals surface area contributed by atoms with E-state index in [1.54, 1.807) is 6.92 Å². The molecule has 0 N–H and O–H groups in total. The fourth-order valence-corrected chi connectivity index (χ4v) is 2.51. The topological polar surface area (TPSA) is 47.8 Å². The van der Waals surface area contributed by atoms with Gasteiger partial charge in [0, 0.05) is 25.2 Å². The van der Waals surface area contributed by atoms with E-state index < -0.39 is 36.6 Å². The van der Waals surface area contributed by atoms with Crippen LogP contribution in [0, 0.1) is 5.92 Å². The van der Waals surface area contributed by atoms with E-state index in [4.69, 9.17) is 0 Å². The van der Waals surface area contributed by atoms with Gasteiger partial charge in [-0.05, 0) is 6.92 Å². The molecule has 2 aliphatic rings. The summed E-state index contributed by atoms with van der Waals surface area (Å²) in [5, 5.41) is 3.94. The summed E-state index contributed by atoms with van der Waals surface area (Å²) in [7, 11) is 0. The highest BCUT2D eigenvalue weighted by molar-refractivity contribution is 5.95. The molecule has 1 aromatic heterocycles. The number of carbonyl (C=O) groups is 1. The smallest absolute Gasteiger partial charge is 0.249 e. The third-order valence-electron chi connectivity index (χ3n) is 3.58. The predicted molar refractivity (Wildman–Crippen MR) is 55.2 cm³/mol. The molecule has 4 nitrogen and oxygen atoms in total. The van der Waals surface area contributed by atoms with Crippen LogP contribution >= 0.6 is 0 Å². The van der Waals surface area contributed by atoms with Crippen LogP contribution in [0.2, 0.25) is 0 Å². The molecule has 0 saturated heterocycles. The molecular weight excluding hydrogens is 247 g/mol. The number of hydrogen-bond donors (Lipinski definition) is 0. The molecule has 0 spiro atoms. The van der Waals surface area contributed by atoms with Crippen LogP contribution in [0.25, 0.3) is 0 Å². The van der Waals surface area contributed by atoms with Gasteiger partial charge in [0.1, 0.15) is 0 Å². The van der Waals surface area contributed by atoms with Crippen molar-refractivity contribution in [1.82, 2.24) is 14.8 Å². The van der Waals surface area contributed by atoms with E-state index in [9.17, 15) is 18.0 Å². The van der Waals surface area contributed by atoms with E-state index in [1.165, 1.54) is 4.68 Å². The summed E-state index contributed by atoms with van der Waals surface area (Å²) in [4.78, 5) is 15.7.